The third-order valence-electron chi connectivity index (χ3n) is 3.91. The lowest BCUT2D eigenvalue weighted by Gasteiger charge is -2.22. The summed E-state index contributed by atoms with van der Waals surface area (Å²) in [5.74, 6) is -0.160. The smallest absolute Gasteiger partial charge is 0.337 e. The Bertz CT molecular complexity index is 440. The maximum atomic E-state index is 11.1. The minimum atomic E-state index is -0.938. The van der Waals surface area contributed by atoms with Crippen LogP contribution in [0.15, 0.2) is 18.2 Å². The SMILES string of the molecule is Nc1cccc(C(=O)O)c1NCCC1CCCCC1. The van der Waals surface area contributed by atoms with Crippen molar-refractivity contribution in [1.82, 2.24) is 0 Å². The van der Waals surface area contributed by atoms with Gasteiger partial charge in [0.05, 0.1) is 16.9 Å². The molecule has 104 valence electrons. The standard InChI is InChI=1S/C15H22N2O2/c16-13-8-4-7-12(15(18)19)14(13)17-10-9-11-5-2-1-3-6-11/h4,7-8,11,17H,1-3,5-6,9-10,16H2,(H,18,19). The molecule has 1 saturated carbocycles. The van der Waals surface area contributed by atoms with Crippen molar-refractivity contribution in [2.75, 3.05) is 17.6 Å². The quantitative estimate of drug-likeness (QED) is 0.711. The van der Waals surface area contributed by atoms with Gasteiger partial charge in [-0.15, -0.1) is 0 Å². The van der Waals surface area contributed by atoms with Crippen LogP contribution in [0.25, 0.3) is 0 Å². The van der Waals surface area contributed by atoms with E-state index in [1.54, 1.807) is 18.2 Å². The van der Waals surface area contributed by atoms with Gasteiger partial charge in [-0.2, -0.15) is 0 Å². The highest BCUT2D eigenvalue weighted by atomic mass is 16.4. The fourth-order valence-corrected chi connectivity index (χ4v) is 2.82. The van der Waals surface area contributed by atoms with Gasteiger partial charge in [-0.1, -0.05) is 38.2 Å². The first-order chi connectivity index (χ1) is 9.18. The second-order valence-electron chi connectivity index (χ2n) is 5.29. The van der Waals surface area contributed by atoms with Crippen molar-refractivity contribution in [3.63, 3.8) is 0 Å². The molecule has 1 aliphatic carbocycles. The molecule has 1 fully saturated rings. The molecule has 1 aromatic rings. The van der Waals surface area contributed by atoms with Gasteiger partial charge in [0.2, 0.25) is 0 Å². The minimum Gasteiger partial charge on any atom is -0.478 e. The molecule has 0 radical (unpaired) electrons. The zero-order valence-corrected chi connectivity index (χ0v) is 11.2. The van der Waals surface area contributed by atoms with Gasteiger partial charge in [0.1, 0.15) is 0 Å². The molecule has 4 nitrogen and oxygen atoms in total. The zero-order chi connectivity index (χ0) is 13.7. The number of carbonyl (C=O) groups is 1. The molecule has 0 aromatic heterocycles. The molecule has 4 N–H and O–H groups in total. The van der Waals surface area contributed by atoms with Crippen LogP contribution >= 0.6 is 0 Å². The van der Waals surface area contributed by atoms with E-state index in [0.717, 1.165) is 18.9 Å². The lowest BCUT2D eigenvalue weighted by Crippen LogP contribution is -2.14. The van der Waals surface area contributed by atoms with Gasteiger partial charge in [0, 0.05) is 6.54 Å². The first-order valence-corrected chi connectivity index (χ1v) is 7.04. The Morgan fingerprint density at radius 2 is 2.05 bits per heavy atom. The first kappa shape index (κ1) is 13.7. The summed E-state index contributed by atoms with van der Waals surface area (Å²) < 4.78 is 0. The maximum absolute atomic E-state index is 11.1. The molecular weight excluding hydrogens is 240 g/mol. The number of nitrogens with one attached hydrogen (secondary N) is 1. The number of nitrogen functional groups attached to an aromatic ring is 1. The second-order valence-corrected chi connectivity index (χ2v) is 5.29. The Balaban J connectivity index is 1.93. The van der Waals surface area contributed by atoms with Crippen LogP contribution in [0.4, 0.5) is 11.4 Å². The van der Waals surface area contributed by atoms with Crippen LogP contribution in [-0.4, -0.2) is 17.6 Å². The summed E-state index contributed by atoms with van der Waals surface area (Å²) in [5, 5.41) is 12.3. The Morgan fingerprint density at radius 3 is 2.74 bits per heavy atom. The molecule has 0 atom stereocenters. The lowest BCUT2D eigenvalue weighted by molar-refractivity contribution is 0.0698. The molecule has 0 unspecified atom stereocenters. The van der Waals surface area contributed by atoms with E-state index >= 15 is 0 Å². The van der Waals surface area contributed by atoms with Crippen molar-refractivity contribution in [1.29, 1.82) is 0 Å². The van der Waals surface area contributed by atoms with E-state index in [9.17, 15) is 4.79 Å². The summed E-state index contributed by atoms with van der Waals surface area (Å²) in [6.07, 6.45) is 7.72. The molecule has 0 spiro atoms. The number of hydrogen-bond acceptors (Lipinski definition) is 3. The van der Waals surface area contributed by atoms with E-state index in [1.807, 2.05) is 0 Å². The lowest BCUT2D eigenvalue weighted by atomic mass is 9.87. The summed E-state index contributed by atoms with van der Waals surface area (Å²) in [6.45, 7) is 0.791. The van der Waals surface area contributed by atoms with Crippen molar-refractivity contribution in [3.05, 3.63) is 23.8 Å². The van der Waals surface area contributed by atoms with Crippen LogP contribution in [-0.2, 0) is 0 Å². The van der Waals surface area contributed by atoms with E-state index in [0.29, 0.717) is 11.4 Å². The summed E-state index contributed by atoms with van der Waals surface area (Å²) in [6, 6.07) is 4.99. The molecule has 19 heavy (non-hydrogen) atoms. The number of nitrogens with two attached hydrogens (primary N) is 1. The Labute approximate surface area is 114 Å². The molecule has 1 aromatic carbocycles. The van der Waals surface area contributed by atoms with Crippen molar-refractivity contribution in [2.45, 2.75) is 38.5 Å². The molecule has 0 aliphatic heterocycles. The number of carboxylic acid groups (broad SMARTS) is 1. The zero-order valence-electron chi connectivity index (χ0n) is 11.2. The molecule has 2 rings (SSSR count). The monoisotopic (exact) mass is 262 g/mol. The van der Waals surface area contributed by atoms with Crippen molar-refractivity contribution < 1.29 is 9.90 Å². The fraction of sp³-hybridized carbons (Fsp3) is 0.533. The number of para-hydroxylation sites is 1. The van der Waals surface area contributed by atoms with Crippen LogP contribution in [0.1, 0.15) is 48.9 Å². The largest absolute Gasteiger partial charge is 0.478 e. The highest BCUT2D eigenvalue weighted by Gasteiger charge is 2.15. The van der Waals surface area contributed by atoms with Gasteiger partial charge in [-0.3, -0.25) is 0 Å². The summed E-state index contributed by atoms with van der Waals surface area (Å²) in [7, 11) is 0. The van der Waals surface area contributed by atoms with Gasteiger partial charge < -0.3 is 16.2 Å². The van der Waals surface area contributed by atoms with Gasteiger partial charge in [-0.05, 0) is 24.5 Å². The number of aromatic carboxylic acids is 1. The number of anilines is 2. The van der Waals surface area contributed by atoms with E-state index in [-0.39, 0.29) is 5.56 Å². The van der Waals surface area contributed by atoms with Crippen LogP contribution in [0, 0.1) is 5.92 Å². The third kappa shape index (κ3) is 3.63. The Hall–Kier alpha value is -1.71. The van der Waals surface area contributed by atoms with Gasteiger partial charge >= 0.3 is 5.97 Å². The summed E-state index contributed by atoms with van der Waals surface area (Å²) in [5.41, 5.74) is 7.17. The van der Waals surface area contributed by atoms with E-state index in [4.69, 9.17) is 10.8 Å². The van der Waals surface area contributed by atoms with Crippen molar-refractivity contribution in [2.24, 2.45) is 5.92 Å². The van der Waals surface area contributed by atoms with Crippen LogP contribution in [0.2, 0.25) is 0 Å². The Morgan fingerprint density at radius 1 is 1.32 bits per heavy atom. The van der Waals surface area contributed by atoms with Crippen LogP contribution < -0.4 is 11.1 Å². The highest BCUT2D eigenvalue weighted by Crippen LogP contribution is 2.27. The number of benzene rings is 1. The average Bonchev–Trinajstić information content (AvgIpc) is 2.41. The van der Waals surface area contributed by atoms with E-state index < -0.39 is 5.97 Å². The predicted molar refractivity (Wildman–Crippen MR) is 77.5 cm³/mol. The molecule has 0 amide bonds. The molecule has 0 saturated heterocycles. The van der Waals surface area contributed by atoms with Gasteiger partial charge in [0.15, 0.2) is 0 Å². The topological polar surface area (TPSA) is 75.4 Å². The molecule has 4 heteroatoms. The van der Waals surface area contributed by atoms with Gasteiger partial charge in [0.25, 0.3) is 0 Å². The van der Waals surface area contributed by atoms with E-state index in [2.05, 4.69) is 5.32 Å². The number of hydrogen-bond donors (Lipinski definition) is 3. The number of carboxylic acids is 1. The minimum absolute atomic E-state index is 0.253. The van der Waals surface area contributed by atoms with Gasteiger partial charge in [-0.25, -0.2) is 4.79 Å². The molecular formula is C15H22N2O2. The Kier molecular flexibility index (Phi) is 4.66. The number of rotatable bonds is 5. The molecule has 1 aliphatic rings. The third-order valence-corrected chi connectivity index (χ3v) is 3.91. The highest BCUT2D eigenvalue weighted by molar-refractivity contribution is 5.97. The molecule has 0 bridgehead atoms. The van der Waals surface area contributed by atoms with E-state index in [1.165, 1.54) is 32.1 Å². The first-order valence-electron chi connectivity index (χ1n) is 7.04. The predicted octanol–water partition coefficient (Wildman–Crippen LogP) is 3.35. The summed E-state index contributed by atoms with van der Waals surface area (Å²) in [4.78, 5) is 11.1. The van der Waals surface area contributed by atoms with Crippen molar-refractivity contribution >= 4 is 17.3 Å². The second kappa shape index (κ2) is 6.45. The molecule has 0 heterocycles. The van der Waals surface area contributed by atoms with Crippen LogP contribution in [0.3, 0.4) is 0 Å². The van der Waals surface area contributed by atoms with Crippen LogP contribution in [0.5, 0.6) is 0 Å². The normalized spacial score (nSPS) is 16.2. The van der Waals surface area contributed by atoms with Crippen molar-refractivity contribution in [3.8, 4) is 0 Å². The maximum Gasteiger partial charge on any atom is 0.337 e. The summed E-state index contributed by atoms with van der Waals surface area (Å²) >= 11 is 0. The fourth-order valence-electron chi connectivity index (χ4n) is 2.82. The average molecular weight is 262 g/mol.